The average molecular weight is 412 g/mol. The van der Waals surface area contributed by atoms with Gasteiger partial charge in [0.05, 0.1) is 5.56 Å². The Kier molecular flexibility index (Phi) is 7.51. The number of piperidine rings is 1. The highest BCUT2D eigenvalue weighted by Crippen LogP contribution is 2.27. The van der Waals surface area contributed by atoms with Gasteiger partial charge >= 0.3 is 5.97 Å². The van der Waals surface area contributed by atoms with E-state index in [0.717, 1.165) is 25.9 Å². The van der Waals surface area contributed by atoms with Crippen molar-refractivity contribution in [2.45, 2.75) is 51.2 Å². The zero-order valence-electron chi connectivity index (χ0n) is 18.2. The molecule has 0 amide bonds. The minimum Gasteiger partial charge on any atom is -0.491 e. The van der Waals surface area contributed by atoms with Gasteiger partial charge in [0.1, 0.15) is 24.1 Å². The number of carbonyl (C=O) groups excluding carboxylic acids is 1. The van der Waals surface area contributed by atoms with E-state index < -0.39 is 11.7 Å². The summed E-state index contributed by atoms with van der Waals surface area (Å²) >= 11 is 0. The van der Waals surface area contributed by atoms with Crippen LogP contribution in [-0.2, 0) is 4.74 Å². The van der Waals surface area contributed by atoms with Crippen LogP contribution in [0.1, 0.15) is 55.5 Å². The summed E-state index contributed by atoms with van der Waals surface area (Å²) in [6.07, 6.45) is 1.68. The highest BCUT2D eigenvalue weighted by Gasteiger charge is 2.22. The molecular weight excluding hydrogens is 378 g/mol. The van der Waals surface area contributed by atoms with E-state index in [4.69, 9.17) is 9.47 Å². The van der Waals surface area contributed by atoms with Gasteiger partial charge in [-0.15, -0.1) is 0 Å². The summed E-state index contributed by atoms with van der Waals surface area (Å²) in [7, 11) is 0. The Bertz CT molecular complexity index is 790. The fraction of sp³-hybridized carbons (Fsp3) is 0.480. The van der Waals surface area contributed by atoms with Crippen LogP contribution in [0.4, 0.5) is 0 Å². The third-order valence-corrected chi connectivity index (χ3v) is 5.26. The smallest absolute Gasteiger partial charge is 0.338 e. The monoisotopic (exact) mass is 411 g/mol. The van der Waals surface area contributed by atoms with E-state index in [0.29, 0.717) is 23.8 Å². The molecular formula is C25H33NO4. The Morgan fingerprint density at radius 1 is 1.07 bits per heavy atom. The maximum absolute atomic E-state index is 12.1. The van der Waals surface area contributed by atoms with Gasteiger partial charge in [-0.3, -0.25) is 0 Å². The molecule has 0 bridgehead atoms. The molecule has 0 aromatic heterocycles. The number of ether oxygens (including phenoxy) is 2. The van der Waals surface area contributed by atoms with Crippen molar-refractivity contribution in [3.63, 3.8) is 0 Å². The second kappa shape index (κ2) is 10.1. The molecule has 1 aliphatic rings. The first-order valence-corrected chi connectivity index (χ1v) is 10.7. The molecule has 1 atom stereocenters. The van der Waals surface area contributed by atoms with Gasteiger partial charge in [0, 0.05) is 6.54 Å². The largest absolute Gasteiger partial charge is 0.491 e. The highest BCUT2D eigenvalue weighted by atomic mass is 16.6. The lowest BCUT2D eigenvalue weighted by Gasteiger charge is -2.33. The summed E-state index contributed by atoms with van der Waals surface area (Å²) in [5, 5.41) is 10.4. The maximum Gasteiger partial charge on any atom is 0.338 e. The van der Waals surface area contributed by atoms with Crippen LogP contribution in [-0.4, -0.2) is 53.9 Å². The molecule has 0 aliphatic carbocycles. The van der Waals surface area contributed by atoms with Gasteiger partial charge in [-0.05, 0) is 82.4 Å². The van der Waals surface area contributed by atoms with Gasteiger partial charge in [0.15, 0.2) is 0 Å². The number of rotatable bonds is 7. The molecule has 30 heavy (non-hydrogen) atoms. The SMILES string of the molecule is CC(C)(C)OC(=O)c1ccc(OCC(O)CN2CCC(c3ccccc3)CC2)cc1. The zero-order valence-corrected chi connectivity index (χ0v) is 18.2. The first-order chi connectivity index (χ1) is 14.3. The van der Waals surface area contributed by atoms with E-state index in [1.807, 2.05) is 20.8 Å². The van der Waals surface area contributed by atoms with Crippen LogP contribution in [0.15, 0.2) is 54.6 Å². The van der Waals surface area contributed by atoms with Gasteiger partial charge in [-0.2, -0.15) is 0 Å². The molecule has 2 aromatic carbocycles. The first kappa shape index (κ1) is 22.3. The fourth-order valence-electron chi connectivity index (χ4n) is 3.74. The maximum atomic E-state index is 12.1. The average Bonchev–Trinajstić information content (AvgIpc) is 2.72. The molecule has 0 radical (unpaired) electrons. The molecule has 1 unspecified atom stereocenters. The molecule has 0 saturated carbocycles. The highest BCUT2D eigenvalue weighted by molar-refractivity contribution is 5.89. The lowest BCUT2D eigenvalue weighted by Crippen LogP contribution is -2.40. The van der Waals surface area contributed by atoms with E-state index in [2.05, 4.69) is 35.2 Å². The number of hydrogen-bond acceptors (Lipinski definition) is 5. The van der Waals surface area contributed by atoms with Crippen molar-refractivity contribution in [2.24, 2.45) is 0 Å². The van der Waals surface area contributed by atoms with Crippen molar-refractivity contribution < 1.29 is 19.4 Å². The Morgan fingerprint density at radius 3 is 2.30 bits per heavy atom. The van der Waals surface area contributed by atoms with E-state index in [-0.39, 0.29) is 12.6 Å². The molecule has 1 fully saturated rings. The molecule has 5 heteroatoms. The first-order valence-electron chi connectivity index (χ1n) is 10.7. The molecule has 3 rings (SSSR count). The second-order valence-corrected chi connectivity index (χ2v) is 8.98. The van der Waals surface area contributed by atoms with Crippen LogP contribution < -0.4 is 4.74 Å². The molecule has 162 valence electrons. The van der Waals surface area contributed by atoms with Crippen LogP contribution in [0.2, 0.25) is 0 Å². The van der Waals surface area contributed by atoms with Gasteiger partial charge in [0.2, 0.25) is 0 Å². The van der Waals surface area contributed by atoms with Crippen LogP contribution >= 0.6 is 0 Å². The van der Waals surface area contributed by atoms with Gasteiger partial charge in [0.25, 0.3) is 0 Å². The summed E-state index contributed by atoms with van der Waals surface area (Å²) in [6, 6.07) is 17.5. The van der Waals surface area contributed by atoms with Crippen LogP contribution in [0.3, 0.4) is 0 Å². The van der Waals surface area contributed by atoms with Gasteiger partial charge < -0.3 is 19.5 Å². The molecule has 1 saturated heterocycles. The van der Waals surface area contributed by atoms with Crippen molar-refractivity contribution in [1.29, 1.82) is 0 Å². The number of carbonyl (C=O) groups is 1. The summed E-state index contributed by atoms with van der Waals surface area (Å²) in [4.78, 5) is 14.4. The van der Waals surface area contributed by atoms with Crippen molar-refractivity contribution in [3.8, 4) is 5.75 Å². The Labute approximate surface area is 179 Å². The zero-order chi connectivity index (χ0) is 21.6. The van der Waals surface area contributed by atoms with Crippen molar-refractivity contribution >= 4 is 5.97 Å². The van der Waals surface area contributed by atoms with E-state index in [1.54, 1.807) is 24.3 Å². The number of aliphatic hydroxyl groups is 1. The number of benzene rings is 2. The quantitative estimate of drug-likeness (QED) is 0.690. The molecule has 5 nitrogen and oxygen atoms in total. The molecule has 1 aliphatic heterocycles. The van der Waals surface area contributed by atoms with Gasteiger partial charge in [-0.25, -0.2) is 4.79 Å². The predicted octanol–water partition coefficient (Wildman–Crippen LogP) is 4.26. The number of esters is 1. The summed E-state index contributed by atoms with van der Waals surface area (Å²) in [6.45, 7) is 8.33. The minimum absolute atomic E-state index is 0.227. The van der Waals surface area contributed by atoms with E-state index in [1.165, 1.54) is 5.56 Å². The normalized spacial score (nSPS) is 16.8. The Morgan fingerprint density at radius 2 is 1.70 bits per heavy atom. The molecule has 2 aromatic rings. The summed E-state index contributed by atoms with van der Waals surface area (Å²) in [5.41, 5.74) is 1.38. The van der Waals surface area contributed by atoms with Crippen LogP contribution in [0.5, 0.6) is 5.75 Å². The minimum atomic E-state index is -0.552. The van der Waals surface area contributed by atoms with Crippen molar-refractivity contribution in [1.82, 2.24) is 4.90 Å². The second-order valence-electron chi connectivity index (χ2n) is 8.98. The number of nitrogens with zero attached hydrogens (tertiary/aromatic N) is 1. The predicted molar refractivity (Wildman–Crippen MR) is 118 cm³/mol. The van der Waals surface area contributed by atoms with E-state index in [9.17, 15) is 9.90 Å². The van der Waals surface area contributed by atoms with E-state index >= 15 is 0 Å². The third kappa shape index (κ3) is 6.85. The van der Waals surface area contributed by atoms with Crippen molar-refractivity contribution in [2.75, 3.05) is 26.2 Å². The Hall–Kier alpha value is -2.37. The number of likely N-dealkylation sites (tertiary alicyclic amines) is 1. The van der Waals surface area contributed by atoms with Crippen LogP contribution in [0.25, 0.3) is 0 Å². The fourth-order valence-corrected chi connectivity index (χ4v) is 3.74. The van der Waals surface area contributed by atoms with Crippen molar-refractivity contribution in [3.05, 3.63) is 65.7 Å². The topological polar surface area (TPSA) is 59.0 Å². The third-order valence-electron chi connectivity index (χ3n) is 5.26. The number of hydrogen-bond donors (Lipinski definition) is 1. The molecule has 1 N–H and O–H groups in total. The lowest BCUT2D eigenvalue weighted by atomic mass is 9.89. The number of aliphatic hydroxyl groups excluding tert-OH is 1. The number of β-amino-alcohol motifs (C(OH)–C–C–N with tert-alkyl or cyclic N) is 1. The van der Waals surface area contributed by atoms with Crippen LogP contribution in [0, 0.1) is 0 Å². The Balaban J connectivity index is 1.40. The summed E-state index contributed by atoms with van der Waals surface area (Å²) < 4.78 is 11.1. The standard InChI is InChI=1S/C25H33NO4/c1-25(2,3)30-24(28)21-9-11-23(12-10-21)29-18-22(27)17-26-15-13-20(14-16-26)19-7-5-4-6-8-19/h4-12,20,22,27H,13-18H2,1-3H3. The molecule has 1 heterocycles. The summed E-state index contributed by atoms with van der Waals surface area (Å²) in [5.74, 6) is 0.886. The van der Waals surface area contributed by atoms with Gasteiger partial charge in [-0.1, -0.05) is 30.3 Å². The lowest BCUT2D eigenvalue weighted by molar-refractivity contribution is 0.00693. The molecule has 0 spiro atoms.